The number of halogens is 1. The third-order valence-corrected chi connectivity index (χ3v) is 5.08. The van der Waals surface area contributed by atoms with Crippen LogP contribution in [-0.4, -0.2) is 36.9 Å². The first-order chi connectivity index (χ1) is 11.7. The van der Waals surface area contributed by atoms with Crippen LogP contribution >= 0.6 is 15.9 Å². The van der Waals surface area contributed by atoms with Crippen molar-refractivity contribution in [2.45, 2.75) is 18.9 Å². The Kier molecular flexibility index (Phi) is 6.18. The Morgan fingerprint density at radius 3 is 2.38 bits per heavy atom. The molecular weight excluding hydrogens is 364 g/mol. The average Bonchev–Trinajstić information content (AvgIpc) is 3.14. The molecule has 1 heterocycles. The molecule has 126 valence electrons. The van der Waals surface area contributed by atoms with Crippen molar-refractivity contribution in [3.63, 3.8) is 0 Å². The summed E-state index contributed by atoms with van der Waals surface area (Å²) in [6.45, 7) is 3.45. The Bertz CT molecular complexity index is 651. The molecule has 3 nitrogen and oxygen atoms in total. The zero-order valence-corrected chi connectivity index (χ0v) is 15.3. The second kappa shape index (κ2) is 8.56. The quantitative estimate of drug-likeness (QED) is 0.728. The van der Waals surface area contributed by atoms with E-state index >= 15 is 0 Å². The number of rotatable bonds is 7. The highest BCUT2D eigenvalue weighted by molar-refractivity contribution is 9.10. The summed E-state index contributed by atoms with van der Waals surface area (Å²) < 4.78 is 0.991. The van der Waals surface area contributed by atoms with E-state index in [2.05, 4.69) is 56.5 Å². The molecule has 1 aliphatic heterocycles. The summed E-state index contributed by atoms with van der Waals surface area (Å²) in [6.07, 6.45) is 2.53. The highest BCUT2D eigenvalue weighted by atomic mass is 79.9. The van der Waals surface area contributed by atoms with Gasteiger partial charge in [0.2, 0.25) is 0 Å². The van der Waals surface area contributed by atoms with Crippen LogP contribution in [0.3, 0.4) is 0 Å². The number of hydrogen-bond donors (Lipinski definition) is 1. The van der Waals surface area contributed by atoms with Crippen LogP contribution in [0.2, 0.25) is 0 Å². The molecule has 1 fully saturated rings. The lowest BCUT2D eigenvalue weighted by atomic mass is 10.1. The van der Waals surface area contributed by atoms with Crippen molar-refractivity contribution >= 4 is 21.7 Å². The molecule has 0 radical (unpaired) electrons. The summed E-state index contributed by atoms with van der Waals surface area (Å²) in [5, 5.41) is 3.37. The number of carbonyl (C=O) groups is 1. The van der Waals surface area contributed by atoms with E-state index in [1.54, 1.807) is 0 Å². The van der Waals surface area contributed by atoms with Gasteiger partial charge >= 0.3 is 0 Å². The smallest absolute Gasteiger partial charge is 0.176 e. The summed E-state index contributed by atoms with van der Waals surface area (Å²) in [6, 6.07) is 18.5. The molecule has 3 rings (SSSR count). The average molecular weight is 387 g/mol. The monoisotopic (exact) mass is 386 g/mol. The first-order valence-electron chi connectivity index (χ1n) is 8.52. The number of benzene rings is 2. The van der Waals surface area contributed by atoms with Gasteiger partial charge in [-0.15, -0.1) is 0 Å². The predicted octanol–water partition coefficient (Wildman–Crippen LogP) is 4.06. The van der Waals surface area contributed by atoms with Crippen molar-refractivity contribution in [3.8, 4) is 0 Å². The summed E-state index contributed by atoms with van der Waals surface area (Å²) in [7, 11) is 0. The molecule has 1 saturated heterocycles. The molecule has 1 aliphatic rings. The minimum Gasteiger partial charge on any atom is -0.308 e. The molecule has 0 aliphatic carbocycles. The minimum atomic E-state index is 0.135. The summed E-state index contributed by atoms with van der Waals surface area (Å²) in [5.74, 6) is 0.135. The Morgan fingerprint density at radius 2 is 1.71 bits per heavy atom. The second-order valence-corrected chi connectivity index (χ2v) is 7.15. The van der Waals surface area contributed by atoms with Crippen LogP contribution in [0.4, 0.5) is 0 Å². The number of Topliss-reactive ketones (excluding diaryl/α,β-unsaturated/α-hetero) is 1. The second-order valence-electron chi connectivity index (χ2n) is 6.23. The fraction of sp³-hybridized carbons (Fsp3) is 0.350. The van der Waals surface area contributed by atoms with Crippen LogP contribution in [0.5, 0.6) is 0 Å². The summed E-state index contributed by atoms with van der Waals surface area (Å²) in [5.41, 5.74) is 2.08. The van der Waals surface area contributed by atoms with Crippen LogP contribution in [0, 0.1) is 0 Å². The summed E-state index contributed by atoms with van der Waals surface area (Å²) >= 11 is 3.40. The standard InChI is InChI=1S/C20H23BrN2O/c21-18-10-8-17(9-11-18)20(24)15-22-14-19(23-12-4-5-13-23)16-6-2-1-3-7-16/h1-3,6-11,19,22H,4-5,12-15H2. The molecule has 0 aromatic heterocycles. The third kappa shape index (κ3) is 4.53. The largest absolute Gasteiger partial charge is 0.308 e. The zero-order valence-electron chi connectivity index (χ0n) is 13.7. The SMILES string of the molecule is O=C(CNCC(c1ccccc1)N1CCCC1)c1ccc(Br)cc1. The van der Waals surface area contributed by atoms with Crippen molar-refractivity contribution in [1.82, 2.24) is 10.2 Å². The van der Waals surface area contributed by atoms with Crippen molar-refractivity contribution in [2.24, 2.45) is 0 Å². The molecule has 0 amide bonds. The van der Waals surface area contributed by atoms with Crippen molar-refractivity contribution < 1.29 is 4.79 Å². The van der Waals surface area contributed by atoms with E-state index in [0.29, 0.717) is 12.6 Å². The van der Waals surface area contributed by atoms with Crippen LogP contribution in [0.1, 0.15) is 34.8 Å². The molecule has 0 spiro atoms. The van der Waals surface area contributed by atoms with Crippen molar-refractivity contribution in [3.05, 3.63) is 70.2 Å². The molecule has 1 unspecified atom stereocenters. The van der Waals surface area contributed by atoms with E-state index in [4.69, 9.17) is 0 Å². The first-order valence-corrected chi connectivity index (χ1v) is 9.32. The number of nitrogens with one attached hydrogen (secondary N) is 1. The Hall–Kier alpha value is -1.49. The lowest BCUT2D eigenvalue weighted by Gasteiger charge is -2.28. The maximum atomic E-state index is 12.3. The van der Waals surface area contributed by atoms with E-state index in [9.17, 15) is 4.79 Å². The Labute approximate surface area is 152 Å². The summed E-state index contributed by atoms with van der Waals surface area (Å²) in [4.78, 5) is 14.8. The van der Waals surface area contributed by atoms with Gasteiger partial charge < -0.3 is 5.32 Å². The molecule has 2 aromatic carbocycles. The Balaban J connectivity index is 1.59. The molecule has 1 N–H and O–H groups in total. The van der Waals surface area contributed by atoms with E-state index in [1.807, 2.05) is 24.3 Å². The van der Waals surface area contributed by atoms with Crippen molar-refractivity contribution in [1.29, 1.82) is 0 Å². The molecule has 0 bridgehead atoms. The normalized spacial score (nSPS) is 16.2. The lowest BCUT2D eigenvalue weighted by Crippen LogP contribution is -2.36. The molecule has 1 atom stereocenters. The number of ketones is 1. The number of carbonyl (C=O) groups excluding carboxylic acids is 1. The highest BCUT2D eigenvalue weighted by Crippen LogP contribution is 2.24. The Morgan fingerprint density at radius 1 is 1.04 bits per heavy atom. The topological polar surface area (TPSA) is 32.3 Å². The fourth-order valence-electron chi connectivity index (χ4n) is 3.25. The van der Waals surface area contributed by atoms with Gasteiger partial charge in [-0.05, 0) is 43.6 Å². The van der Waals surface area contributed by atoms with Gasteiger partial charge in [0.25, 0.3) is 0 Å². The van der Waals surface area contributed by atoms with Gasteiger partial charge in [0.15, 0.2) is 5.78 Å². The molecule has 4 heteroatoms. The maximum absolute atomic E-state index is 12.3. The number of likely N-dealkylation sites (tertiary alicyclic amines) is 1. The van der Waals surface area contributed by atoms with Crippen LogP contribution in [0.15, 0.2) is 59.1 Å². The van der Waals surface area contributed by atoms with Gasteiger partial charge in [0.05, 0.1) is 6.54 Å². The predicted molar refractivity (Wildman–Crippen MR) is 101 cm³/mol. The van der Waals surface area contributed by atoms with Crippen LogP contribution in [0.25, 0.3) is 0 Å². The van der Waals surface area contributed by atoms with E-state index in [1.165, 1.54) is 18.4 Å². The minimum absolute atomic E-state index is 0.135. The van der Waals surface area contributed by atoms with Crippen LogP contribution in [-0.2, 0) is 0 Å². The first kappa shape index (κ1) is 17.3. The van der Waals surface area contributed by atoms with E-state index in [0.717, 1.165) is 29.7 Å². The van der Waals surface area contributed by atoms with Gasteiger partial charge in [-0.2, -0.15) is 0 Å². The molecule has 0 saturated carbocycles. The number of hydrogen-bond acceptors (Lipinski definition) is 3. The lowest BCUT2D eigenvalue weighted by molar-refractivity contribution is 0.0987. The fourth-order valence-corrected chi connectivity index (χ4v) is 3.51. The molecule has 24 heavy (non-hydrogen) atoms. The zero-order chi connectivity index (χ0) is 16.8. The number of nitrogens with zero attached hydrogens (tertiary/aromatic N) is 1. The van der Waals surface area contributed by atoms with Gasteiger partial charge in [-0.1, -0.05) is 58.4 Å². The van der Waals surface area contributed by atoms with E-state index in [-0.39, 0.29) is 5.78 Å². The highest BCUT2D eigenvalue weighted by Gasteiger charge is 2.23. The maximum Gasteiger partial charge on any atom is 0.176 e. The van der Waals surface area contributed by atoms with Gasteiger partial charge in [0.1, 0.15) is 0 Å². The third-order valence-electron chi connectivity index (χ3n) is 4.56. The van der Waals surface area contributed by atoms with Crippen LogP contribution < -0.4 is 5.32 Å². The van der Waals surface area contributed by atoms with Gasteiger partial charge in [-0.25, -0.2) is 0 Å². The molecular formula is C20H23BrN2O. The van der Waals surface area contributed by atoms with Gasteiger partial charge in [0, 0.05) is 22.6 Å². The molecule has 2 aromatic rings. The van der Waals surface area contributed by atoms with Gasteiger partial charge in [-0.3, -0.25) is 9.69 Å². The van der Waals surface area contributed by atoms with E-state index < -0.39 is 0 Å². The van der Waals surface area contributed by atoms with Crippen molar-refractivity contribution in [2.75, 3.05) is 26.2 Å².